The molecule has 1 aromatic carbocycles. The smallest absolute Gasteiger partial charge is 0.0541 e. The number of hydrogen-bond acceptors (Lipinski definition) is 0. The van der Waals surface area contributed by atoms with Crippen molar-refractivity contribution in [1.29, 1.82) is 0 Å². The van der Waals surface area contributed by atoms with Gasteiger partial charge in [-0.2, -0.15) is 0 Å². The van der Waals surface area contributed by atoms with Crippen LogP contribution < -0.4 is 15.8 Å². The van der Waals surface area contributed by atoms with Gasteiger partial charge in [0, 0.05) is 22.1 Å². The molecule has 1 nitrogen and oxygen atoms in total. The fourth-order valence-electron chi connectivity index (χ4n) is 4.14. The van der Waals surface area contributed by atoms with Crippen molar-refractivity contribution in [2.45, 2.75) is 77.6 Å². The number of benzene rings is 1. The predicted octanol–water partition coefficient (Wildman–Crippen LogP) is 4.46. The van der Waals surface area contributed by atoms with Crippen LogP contribution in [-0.2, 0) is 0 Å². The van der Waals surface area contributed by atoms with Gasteiger partial charge in [0.15, 0.2) is 0 Å². The molecule has 0 atom stereocenters. The molecule has 1 aliphatic carbocycles. The zero-order valence-corrected chi connectivity index (χ0v) is 14.1. The summed E-state index contributed by atoms with van der Waals surface area (Å²) >= 11 is 0. The molecule has 22 heavy (non-hydrogen) atoms. The largest absolute Gasteiger partial charge is 0.259 e. The lowest BCUT2D eigenvalue weighted by Gasteiger charge is -2.31. The molecule has 1 saturated carbocycles. The van der Waals surface area contributed by atoms with Crippen molar-refractivity contribution in [2.75, 3.05) is 0 Å². The maximum Gasteiger partial charge on any atom is 0.0541 e. The number of nitrogens with zero attached hydrogens (tertiary/aromatic N) is 1. The van der Waals surface area contributed by atoms with Gasteiger partial charge in [-0.05, 0) is 12.8 Å². The Morgan fingerprint density at radius 2 is 1.32 bits per heavy atom. The third-order valence-corrected chi connectivity index (χ3v) is 5.58. The Morgan fingerprint density at radius 3 is 1.95 bits per heavy atom. The van der Waals surface area contributed by atoms with Crippen LogP contribution in [0.5, 0.6) is 0 Å². The molecule has 0 saturated heterocycles. The van der Waals surface area contributed by atoms with Crippen molar-refractivity contribution in [3.8, 4) is 0 Å². The van der Waals surface area contributed by atoms with Crippen molar-refractivity contribution in [3.63, 3.8) is 0 Å². The molecular weight excluding hydrogens is 266 g/mol. The molecule has 119 valence electrons. The zero-order valence-electron chi connectivity index (χ0n) is 14.1. The average Bonchev–Trinajstić information content (AvgIpc) is 2.96. The van der Waals surface area contributed by atoms with E-state index in [4.69, 9.17) is 5.32 Å². The Hall–Kier alpha value is -1.24. The van der Waals surface area contributed by atoms with E-state index in [1.165, 1.54) is 86.8 Å². The maximum absolute atomic E-state index is 4.86. The first-order chi connectivity index (χ1) is 10.8. The summed E-state index contributed by atoms with van der Waals surface area (Å²) in [6, 6.07) is 8.74. The van der Waals surface area contributed by atoms with E-state index in [0.717, 1.165) is 0 Å². The Bertz CT molecular complexity index is 587. The third kappa shape index (κ3) is 3.56. The van der Waals surface area contributed by atoms with E-state index < -0.39 is 0 Å². The SMILES string of the molecule is CC1(C2=c3ccccc3=C[N]2)CCCCCCCCCCC1. The highest BCUT2D eigenvalue weighted by atomic mass is 14.9. The van der Waals surface area contributed by atoms with E-state index in [-0.39, 0.29) is 5.41 Å². The molecule has 1 heteroatoms. The minimum Gasteiger partial charge on any atom is -0.259 e. The molecule has 1 aromatic rings. The quantitative estimate of drug-likeness (QED) is 0.726. The van der Waals surface area contributed by atoms with E-state index in [9.17, 15) is 0 Å². The molecule has 0 N–H and O–H groups in total. The standard InChI is InChI=1S/C21H30N/c1-21(20-19-14-10-9-13-18(19)17-22-20)15-11-7-5-3-2-4-6-8-12-16-21/h9-10,13-14,17H,2-8,11-12,15-16H2,1H3. The van der Waals surface area contributed by atoms with Crippen molar-refractivity contribution in [1.82, 2.24) is 5.32 Å². The molecule has 1 fully saturated rings. The van der Waals surface area contributed by atoms with Gasteiger partial charge in [0.25, 0.3) is 0 Å². The van der Waals surface area contributed by atoms with E-state index in [0.29, 0.717) is 0 Å². The van der Waals surface area contributed by atoms with Gasteiger partial charge >= 0.3 is 0 Å². The van der Waals surface area contributed by atoms with Gasteiger partial charge in [-0.15, -0.1) is 0 Å². The van der Waals surface area contributed by atoms with Crippen LogP contribution in [0.15, 0.2) is 24.3 Å². The number of rotatable bonds is 1. The minimum atomic E-state index is 0.266. The zero-order chi connectivity index (χ0) is 15.3. The van der Waals surface area contributed by atoms with Crippen LogP contribution in [-0.4, -0.2) is 0 Å². The van der Waals surface area contributed by atoms with Crippen LogP contribution in [0.2, 0.25) is 0 Å². The van der Waals surface area contributed by atoms with Gasteiger partial charge in [-0.1, -0.05) is 89.0 Å². The van der Waals surface area contributed by atoms with Gasteiger partial charge in [0.2, 0.25) is 0 Å². The van der Waals surface area contributed by atoms with Crippen molar-refractivity contribution in [3.05, 3.63) is 34.7 Å². The van der Waals surface area contributed by atoms with Crippen LogP contribution in [0.4, 0.5) is 0 Å². The Morgan fingerprint density at radius 1 is 0.773 bits per heavy atom. The molecular formula is C21H30N. The van der Waals surface area contributed by atoms with Gasteiger partial charge in [-0.25, -0.2) is 0 Å². The second kappa shape index (κ2) is 7.35. The van der Waals surface area contributed by atoms with Gasteiger partial charge in [-0.3, -0.25) is 5.32 Å². The highest BCUT2D eigenvalue weighted by Crippen LogP contribution is 2.39. The summed E-state index contributed by atoms with van der Waals surface area (Å²) in [6.07, 6.45) is 17.4. The van der Waals surface area contributed by atoms with Crippen molar-refractivity contribution in [2.24, 2.45) is 5.41 Å². The highest BCUT2D eigenvalue weighted by Gasteiger charge is 2.31. The van der Waals surface area contributed by atoms with Crippen molar-refractivity contribution >= 4 is 11.9 Å². The summed E-state index contributed by atoms with van der Waals surface area (Å²) in [5.74, 6) is 0. The van der Waals surface area contributed by atoms with Crippen LogP contribution in [0.3, 0.4) is 0 Å². The summed E-state index contributed by atoms with van der Waals surface area (Å²) < 4.78 is 0. The van der Waals surface area contributed by atoms with E-state index in [1.54, 1.807) is 0 Å². The normalized spacial score (nSPS) is 22.7. The molecule has 0 bridgehead atoms. The Balaban J connectivity index is 1.83. The lowest BCUT2D eigenvalue weighted by molar-refractivity contribution is 0.327. The molecule has 1 aliphatic heterocycles. The first-order valence-corrected chi connectivity index (χ1v) is 9.30. The minimum absolute atomic E-state index is 0.266. The fraction of sp³-hybridized carbons (Fsp3) is 0.619. The maximum atomic E-state index is 4.86. The number of hydrogen-bond donors (Lipinski definition) is 0. The van der Waals surface area contributed by atoms with Gasteiger partial charge in [0.1, 0.15) is 0 Å². The monoisotopic (exact) mass is 296 g/mol. The van der Waals surface area contributed by atoms with E-state index in [2.05, 4.69) is 37.4 Å². The summed E-state index contributed by atoms with van der Waals surface area (Å²) in [7, 11) is 0. The molecule has 2 aliphatic rings. The van der Waals surface area contributed by atoms with Crippen LogP contribution in [0.25, 0.3) is 11.9 Å². The third-order valence-electron chi connectivity index (χ3n) is 5.58. The highest BCUT2D eigenvalue weighted by molar-refractivity contribution is 5.59. The van der Waals surface area contributed by atoms with Gasteiger partial charge in [0.05, 0.1) is 5.70 Å². The lowest BCUT2D eigenvalue weighted by atomic mass is 9.76. The molecule has 3 rings (SSSR count). The topological polar surface area (TPSA) is 14.1 Å². The molecule has 1 heterocycles. The van der Waals surface area contributed by atoms with Crippen molar-refractivity contribution < 1.29 is 0 Å². The second-order valence-corrected chi connectivity index (χ2v) is 7.44. The van der Waals surface area contributed by atoms with E-state index in [1.807, 2.05) is 0 Å². The Kier molecular flexibility index (Phi) is 5.23. The predicted molar refractivity (Wildman–Crippen MR) is 94.6 cm³/mol. The first-order valence-electron chi connectivity index (χ1n) is 9.30. The molecule has 0 aromatic heterocycles. The summed E-state index contributed by atoms with van der Waals surface area (Å²) in [6.45, 7) is 2.47. The van der Waals surface area contributed by atoms with Crippen LogP contribution in [0.1, 0.15) is 77.6 Å². The van der Waals surface area contributed by atoms with E-state index >= 15 is 0 Å². The second-order valence-electron chi connectivity index (χ2n) is 7.44. The summed E-state index contributed by atoms with van der Waals surface area (Å²) in [5, 5.41) is 7.56. The van der Waals surface area contributed by atoms with Crippen LogP contribution in [0, 0.1) is 5.41 Å². The molecule has 0 spiro atoms. The molecule has 1 radical (unpaired) electrons. The molecule has 0 unspecified atom stereocenters. The lowest BCUT2D eigenvalue weighted by Crippen LogP contribution is -2.30. The molecule has 0 amide bonds. The van der Waals surface area contributed by atoms with Gasteiger partial charge < -0.3 is 0 Å². The Labute approximate surface area is 135 Å². The fourth-order valence-corrected chi connectivity index (χ4v) is 4.14. The van der Waals surface area contributed by atoms with Crippen LogP contribution >= 0.6 is 0 Å². The average molecular weight is 296 g/mol. The number of fused-ring (bicyclic) bond motifs is 1. The summed E-state index contributed by atoms with van der Waals surface area (Å²) in [4.78, 5) is 0. The first kappa shape index (κ1) is 15.6. The summed E-state index contributed by atoms with van der Waals surface area (Å²) in [5.41, 5.74) is 1.63.